The minimum absolute atomic E-state index is 0.00880. The van der Waals surface area contributed by atoms with Gasteiger partial charge in [-0.2, -0.15) is 0 Å². The van der Waals surface area contributed by atoms with Gasteiger partial charge in [-0.25, -0.2) is 0 Å². The highest BCUT2D eigenvalue weighted by Crippen LogP contribution is 2.64. The van der Waals surface area contributed by atoms with Crippen LogP contribution >= 0.6 is 0 Å². The van der Waals surface area contributed by atoms with E-state index in [-0.39, 0.29) is 10.8 Å². The normalized spacial score (nSPS) is 16.8. The zero-order valence-corrected chi connectivity index (χ0v) is 26.8. The number of ether oxygens (including phenoxy) is 1. The molecule has 4 aliphatic rings. The van der Waals surface area contributed by atoms with Crippen LogP contribution in [-0.4, -0.2) is 0 Å². The van der Waals surface area contributed by atoms with E-state index in [4.69, 9.17) is 4.74 Å². The molecule has 7 aromatic rings. The molecule has 1 fully saturated rings. The fourth-order valence-electron chi connectivity index (χ4n) is 10.2. The van der Waals surface area contributed by atoms with Crippen molar-refractivity contribution in [1.82, 2.24) is 0 Å². The molecule has 0 N–H and O–H groups in total. The fraction of sp³-hybridized carbons (Fsp3) is 0.149. The summed E-state index contributed by atoms with van der Waals surface area (Å²) in [5, 5.41) is 2.61. The number of fused-ring (bicyclic) bond motifs is 16. The molecule has 0 amide bonds. The van der Waals surface area contributed by atoms with Crippen molar-refractivity contribution >= 4 is 10.8 Å². The van der Waals surface area contributed by atoms with Gasteiger partial charge in [0.1, 0.15) is 11.5 Å². The molecule has 1 heterocycles. The number of rotatable bonds is 1. The second kappa shape index (κ2) is 9.58. The quantitative estimate of drug-likeness (QED) is 0.179. The fourth-order valence-corrected chi connectivity index (χ4v) is 10.2. The SMILES string of the molecule is c1ccc2c(c1)Oc1ccc(-c3ccc4c(c3)C3(c5ccccc5-c5ccccc53)c3ccc5ccccc5c3-4)cc1C21CCCCC1. The van der Waals surface area contributed by atoms with E-state index in [1.54, 1.807) is 0 Å². The van der Waals surface area contributed by atoms with Crippen molar-refractivity contribution in [1.29, 1.82) is 0 Å². The van der Waals surface area contributed by atoms with Crippen LogP contribution in [0.15, 0.2) is 146 Å². The van der Waals surface area contributed by atoms with Crippen LogP contribution in [0.5, 0.6) is 11.5 Å². The van der Waals surface area contributed by atoms with Gasteiger partial charge in [-0.15, -0.1) is 0 Å². The van der Waals surface area contributed by atoms with Crippen LogP contribution in [0.2, 0.25) is 0 Å². The van der Waals surface area contributed by atoms with Gasteiger partial charge in [0, 0.05) is 16.5 Å². The molecule has 1 aliphatic heterocycles. The minimum atomic E-state index is -0.376. The smallest absolute Gasteiger partial charge is 0.131 e. The summed E-state index contributed by atoms with van der Waals surface area (Å²) < 4.78 is 6.61. The topological polar surface area (TPSA) is 9.23 Å². The van der Waals surface area contributed by atoms with Crippen LogP contribution in [0.4, 0.5) is 0 Å². The van der Waals surface area contributed by atoms with Crippen molar-refractivity contribution in [3.05, 3.63) is 179 Å². The van der Waals surface area contributed by atoms with E-state index in [1.165, 1.54) is 110 Å². The molecular formula is C47H34O. The largest absolute Gasteiger partial charge is 0.457 e. The molecule has 0 unspecified atom stereocenters. The summed E-state index contributed by atoms with van der Waals surface area (Å²) in [4.78, 5) is 0. The second-order valence-corrected chi connectivity index (χ2v) is 14.3. The lowest BCUT2D eigenvalue weighted by Crippen LogP contribution is -2.33. The van der Waals surface area contributed by atoms with Gasteiger partial charge >= 0.3 is 0 Å². The first-order valence-electron chi connectivity index (χ1n) is 17.6. The van der Waals surface area contributed by atoms with E-state index in [9.17, 15) is 0 Å². The summed E-state index contributed by atoms with van der Waals surface area (Å²) in [6, 6.07) is 54.9. The summed E-state index contributed by atoms with van der Waals surface area (Å²) >= 11 is 0. The number of hydrogen-bond acceptors (Lipinski definition) is 1. The van der Waals surface area contributed by atoms with Crippen molar-refractivity contribution in [3.8, 4) is 44.9 Å². The van der Waals surface area contributed by atoms with E-state index >= 15 is 0 Å². The molecule has 0 aromatic heterocycles. The Balaban J connectivity index is 1.18. The van der Waals surface area contributed by atoms with Crippen molar-refractivity contribution in [3.63, 3.8) is 0 Å². The maximum atomic E-state index is 6.61. The minimum Gasteiger partial charge on any atom is -0.457 e. The molecule has 2 spiro atoms. The number of para-hydroxylation sites is 1. The first-order chi connectivity index (χ1) is 23.8. The average Bonchev–Trinajstić information content (AvgIpc) is 3.62. The van der Waals surface area contributed by atoms with Crippen LogP contribution in [0.1, 0.15) is 65.5 Å². The summed E-state index contributed by atoms with van der Waals surface area (Å²) in [6.07, 6.45) is 6.17. The van der Waals surface area contributed by atoms with E-state index in [0.717, 1.165) is 11.5 Å². The molecule has 3 aliphatic carbocycles. The second-order valence-electron chi connectivity index (χ2n) is 14.3. The van der Waals surface area contributed by atoms with Crippen LogP contribution in [0.3, 0.4) is 0 Å². The molecule has 11 rings (SSSR count). The first kappa shape index (κ1) is 26.6. The van der Waals surface area contributed by atoms with E-state index < -0.39 is 0 Å². The highest BCUT2D eigenvalue weighted by molar-refractivity contribution is 6.06. The Morgan fingerprint density at radius 2 is 1.04 bits per heavy atom. The van der Waals surface area contributed by atoms with Gasteiger partial charge in [-0.05, 0) is 104 Å². The molecule has 48 heavy (non-hydrogen) atoms. The molecule has 228 valence electrons. The van der Waals surface area contributed by atoms with Gasteiger partial charge in [-0.1, -0.05) is 141 Å². The van der Waals surface area contributed by atoms with E-state index in [0.29, 0.717) is 0 Å². The third-order valence-corrected chi connectivity index (χ3v) is 12.1. The van der Waals surface area contributed by atoms with Crippen molar-refractivity contribution in [2.75, 3.05) is 0 Å². The molecule has 1 nitrogen and oxygen atoms in total. The predicted molar refractivity (Wildman–Crippen MR) is 196 cm³/mol. The number of benzene rings is 7. The summed E-state index contributed by atoms with van der Waals surface area (Å²) in [7, 11) is 0. The standard InChI is InChI=1S/C47H34O/c1-10-26-46(27-11-1)39-18-8-9-19-43(39)48-44-25-22-32(29-42(44)46)31-20-23-36-41(28-31)47(40-24-21-30-12-2-3-13-33(30)45(36)40)37-16-6-4-14-34(37)35-15-5-7-17-38(35)47/h2-9,12-25,28-29H,1,10-11,26-27H2. The molecule has 0 radical (unpaired) electrons. The highest BCUT2D eigenvalue weighted by Gasteiger charge is 2.52. The van der Waals surface area contributed by atoms with Crippen LogP contribution in [-0.2, 0) is 10.8 Å². The van der Waals surface area contributed by atoms with Crippen LogP contribution < -0.4 is 4.74 Å². The Labute approximate surface area is 281 Å². The Morgan fingerprint density at radius 1 is 0.417 bits per heavy atom. The Bertz CT molecular complexity index is 2430. The van der Waals surface area contributed by atoms with Crippen LogP contribution in [0, 0.1) is 0 Å². The maximum Gasteiger partial charge on any atom is 0.131 e. The third-order valence-electron chi connectivity index (χ3n) is 12.1. The number of hydrogen-bond donors (Lipinski definition) is 0. The Kier molecular flexibility index (Phi) is 5.32. The van der Waals surface area contributed by atoms with Crippen LogP contribution in [0.25, 0.3) is 44.2 Å². The Hall–Kier alpha value is -5.40. The lowest BCUT2D eigenvalue weighted by Gasteiger charge is -2.43. The average molecular weight is 615 g/mol. The first-order valence-corrected chi connectivity index (χ1v) is 17.6. The van der Waals surface area contributed by atoms with Gasteiger partial charge in [0.15, 0.2) is 0 Å². The summed E-state index contributed by atoms with van der Waals surface area (Å²) in [6.45, 7) is 0. The molecule has 0 saturated heterocycles. The zero-order valence-electron chi connectivity index (χ0n) is 26.8. The summed E-state index contributed by atoms with van der Waals surface area (Å²) in [5.41, 5.74) is 15.8. The third kappa shape index (κ3) is 3.27. The van der Waals surface area contributed by atoms with Crippen molar-refractivity contribution < 1.29 is 4.74 Å². The molecule has 7 aromatic carbocycles. The van der Waals surface area contributed by atoms with Gasteiger partial charge in [0.2, 0.25) is 0 Å². The summed E-state index contributed by atoms with van der Waals surface area (Å²) in [5.74, 6) is 2.05. The predicted octanol–water partition coefficient (Wildman–Crippen LogP) is 12.2. The van der Waals surface area contributed by atoms with Crippen molar-refractivity contribution in [2.45, 2.75) is 42.9 Å². The molecule has 1 heteroatoms. The maximum absolute atomic E-state index is 6.61. The molecule has 0 atom stereocenters. The molecule has 0 bridgehead atoms. The van der Waals surface area contributed by atoms with Gasteiger partial charge in [0.25, 0.3) is 0 Å². The molecule has 1 saturated carbocycles. The monoisotopic (exact) mass is 614 g/mol. The molecular weight excluding hydrogens is 581 g/mol. The van der Waals surface area contributed by atoms with E-state index in [2.05, 4.69) is 146 Å². The lowest BCUT2D eigenvalue weighted by atomic mass is 9.63. The lowest BCUT2D eigenvalue weighted by molar-refractivity contribution is 0.306. The highest BCUT2D eigenvalue weighted by atomic mass is 16.5. The van der Waals surface area contributed by atoms with Gasteiger partial charge in [0.05, 0.1) is 5.41 Å². The zero-order chi connectivity index (χ0) is 31.5. The van der Waals surface area contributed by atoms with Gasteiger partial charge in [-0.3, -0.25) is 0 Å². The van der Waals surface area contributed by atoms with E-state index in [1.807, 2.05) is 0 Å². The Morgan fingerprint density at radius 3 is 1.83 bits per heavy atom. The van der Waals surface area contributed by atoms with Crippen molar-refractivity contribution in [2.24, 2.45) is 0 Å². The van der Waals surface area contributed by atoms with Gasteiger partial charge < -0.3 is 4.74 Å².